The largest absolute Gasteiger partial charge is 0.416 e. The maximum atomic E-state index is 13.6. The van der Waals surface area contributed by atoms with Gasteiger partial charge in [-0.1, -0.05) is 0 Å². The van der Waals surface area contributed by atoms with Gasteiger partial charge in [0.1, 0.15) is 5.82 Å². The number of halogens is 4. The molecule has 0 aromatic heterocycles. The van der Waals surface area contributed by atoms with Gasteiger partial charge in [-0.15, -0.1) is 0 Å². The van der Waals surface area contributed by atoms with Gasteiger partial charge in [0.2, 0.25) is 0 Å². The Balaban J connectivity index is 2.05. The Hall–Kier alpha value is -1.83. The molecule has 2 rings (SSSR count). The third-order valence-electron chi connectivity index (χ3n) is 3.70. The number of amides is 2. The summed E-state index contributed by atoms with van der Waals surface area (Å²) >= 11 is 0. The predicted molar refractivity (Wildman–Crippen MR) is 71.8 cm³/mol. The molecule has 4 nitrogen and oxygen atoms in total. The van der Waals surface area contributed by atoms with Crippen molar-refractivity contribution in [3.05, 3.63) is 29.6 Å². The molecular formula is C14H16F4N2O2. The number of likely N-dealkylation sites (tertiary alicyclic amines) is 1. The molecule has 8 heteroatoms. The van der Waals surface area contributed by atoms with Crippen LogP contribution in [0.1, 0.15) is 18.4 Å². The Morgan fingerprint density at radius 1 is 1.32 bits per heavy atom. The molecule has 1 aromatic rings. The lowest BCUT2D eigenvalue weighted by Crippen LogP contribution is -2.41. The highest BCUT2D eigenvalue weighted by Crippen LogP contribution is 2.32. The maximum Gasteiger partial charge on any atom is 0.416 e. The van der Waals surface area contributed by atoms with Crippen molar-refractivity contribution < 1.29 is 27.5 Å². The van der Waals surface area contributed by atoms with Crippen LogP contribution < -0.4 is 5.32 Å². The monoisotopic (exact) mass is 320 g/mol. The average molecular weight is 320 g/mol. The fraction of sp³-hybridized carbons (Fsp3) is 0.500. The summed E-state index contributed by atoms with van der Waals surface area (Å²) in [5.41, 5.74) is -1.52. The molecule has 0 atom stereocenters. The molecule has 1 aromatic carbocycles. The molecule has 1 aliphatic rings. The summed E-state index contributed by atoms with van der Waals surface area (Å²) in [7, 11) is 0. The lowest BCUT2D eigenvalue weighted by Gasteiger charge is -2.31. The number of rotatable bonds is 2. The summed E-state index contributed by atoms with van der Waals surface area (Å²) < 4.78 is 51.4. The van der Waals surface area contributed by atoms with Gasteiger partial charge in [0.25, 0.3) is 0 Å². The molecule has 1 fully saturated rings. The SMILES string of the molecule is O=C(Nc1cc(C(F)(F)F)ccc1F)N1CCC(CO)CC1. The minimum absolute atomic E-state index is 0.0394. The third-order valence-corrected chi connectivity index (χ3v) is 3.70. The van der Waals surface area contributed by atoms with Crippen LogP contribution in [0, 0.1) is 11.7 Å². The van der Waals surface area contributed by atoms with Crippen molar-refractivity contribution in [2.45, 2.75) is 19.0 Å². The van der Waals surface area contributed by atoms with Gasteiger partial charge in [0, 0.05) is 19.7 Å². The zero-order valence-electron chi connectivity index (χ0n) is 11.7. The zero-order valence-corrected chi connectivity index (χ0v) is 11.7. The second kappa shape index (κ2) is 6.51. The molecule has 0 bridgehead atoms. The molecule has 2 amide bonds. The van der Waals surface area contributed by atoms with Gasteiger partial charge in [-0.2, -0.15) is 13.2 Å². The number of benzene rings is 1. The topological polar surface area (TPSA) is 52.6 Å². The number of piperidine rings is 1. The average Bonchev–Trinajstić information content (AvgIpc) is 2.48. The summed E-state index contributed by atoms with van der Waals surface area (Å²) in [6.45, 7) is 0.785. The second-order valence-electron chi connectivity index (χ2n) is 5.24. The highest BCUT2D eigenvalue weighted by Gasteiger charge is 2.31. The molecule has 22 heavy (non-hydrogen) atoms. The van der Waals surface area contributed by atoms with Crippen LogP contribution in [-0.2, 0) is 6.18 Å². The van der Waals surface area contributed by atoms with E-state index in [2.05, 4.69) is 5.32 Å². The van der Waals surface area contributed by atoms with Gasteiger partial charge in [-0.3, -0.25) is 0 Å². The number of aliphatic hydroxyl groups excluding tert-OH is 1. The van der Waals surface area contributed by atoms with Crippen molar-refractivity contribution in [1.29, 1.82) is 0 Å². The van der Waals surface area contributed by atoms with Gasteiger partial charge in [-0.05, 0) is 37.0 Å². The third kappa shape index (κ3) is 3.88. The van der Waals surface area contributed by atoms with Gasteiger partial charge >= 0.3 is 12.2 Å². The van der Waals surface area contributed by atoms with Crippen molar-refractivity contribution >= 4 is 11.7 Å². The Labute approximate surface area is 124 Å². The number of nitrogens with one attached hydrogen (secondary N) is 1. The van der Waals surface area contributed by atoms with E-state index in [1.54, 1.807) is 0 Å². The van der Waals surface area contributed by atoms with E-state index in [1.165, 1.54) is 4.90 Å². The highest BCUT2D eigenvalue weighted by molar-refractivity contribution is 5.89. The fourth-order valence-electron chi connectivity index (χ4n) is 2.31. The summed E-state index contributed by atoms with van der Waals surface area (Å²) in [4.78, 5) is 13.4. The number of alkyl halides is 3. The van der Waals surface area contributed by atoms with Crippen LogP contribution in [-0.4, -0.2) is 35.7 Å². The molecule has 1 aliphatic heterocycles. The van der Waals surface area contributed by atoms with Crippen LogP contribution in [0.5, 0.6) is 0 Å². The lowest BCUT2D eigenvalue weighted by atomic mass is 9.98. The first-order valence-corrected chi connectivity index (χ1v) is 6.85. The summed E-state index contributed by atoms with van der Waals surface area (Å²) in [6.07, 6.45) is -3.39. The summed E-state index contributed by atoms with van der Waals surface area (Å²) in [5.74, 6) is -0.805. The molecule has 0 aliphatic carbocycles. The number of urea groups is 1. The zero-order chi connectivity index (χ0) is 16.3. The number of carbonyl (C=O) groups excluding carboxylic acids is 1. The first-order chi connectivity index (χ1) is 10.3. The Kier molecular flexibility index (Phi) is 4.90. The first-order valence-electron chi connectivity index (χ1n) is 6.85. The fourth-order valence-corrected chi connectivity index (χ4v) is 2.31. The van der Waals surface area contributed by atoms with E-state index in [0.717, 1.165) is 0 Å². The highest BCUT2D eigenvalue weighted by atomic mass is 19.4. The molecule has 2 N–H and O–H groups in total. The summed E-state index contributed by atoms with van der Waals surface area (Å²) in [5, 5.41) is 11.2. The van der Waals surface area contributed by atoms with Crippen molar-refractivity contribution in [2.75, 3.05) is 25.0 Å². The molecule has 1 heterocycles. The number of carbonyl (C=O) groups is 1. The second-order valence-corrected chi connectivity index (χ2v) is 5.24. The Morgan fingerprint density at radius 2 is 1.95 bits per heavy atom. The lowest BCUT2D eigenvalue weighted by molar-refractivity contribution is -0.137. The molecule has 0 unspecified atom stereocenters. The normalized spacial score (nSPS) is 16.7. The van der Waals surface area contributed by atoms with E-state index in [1.807, 2.05) is 0 Å². The molecule has 0 radical (unpaired) electrons. The minimum Gasteiger partial charge on any atom is -0.396 e. The maximum absolute atomic E-state index is 13.6. The molecule has 122 valence electrons. The van der Waals surface area contributed by atoms with Gasteiger partial charge in [-0.25, -0.2) is 9.18 Å². The van der Waals surface area contributed by atoms with Gasteiger partial charge in [0.15, 0.2) is 0 Å². The smallest absolute Gasteiger partial charge is 0.396 e. The molecular weight excluding hydrogens is 304 g/mol. The molecule has 0 spiro atoms. The van der Waals surface area contributed by atoms with Crippen LogP contribution in [0.25, 0.3) is 0 Å². The Bertz CT molecular complexity index is 540. The first kappa shape index (κ1) is 16.5. The van der Waals surface area contributed by atoms with Crippen LogP contribution in [0.4, 0.5) is 28.0 Å². The number of aliphatic hydroxyl groups is 1. The van der Waals surface area contributed by atoms with Crippen LogP contribution in [0.2, 0.25) is 0 Å². The van der Waals surface area contributed by atoms with E-state index in [-0.39, 0.29) is 12.5 Å². The molecule has 0 saturated carbocycles. The predicted octanol–water partition coefficient (Wildman–Crippen LogP) is 3.08. The number of hydrogen-bond donors (Lipinski definition) is 2. The van der Waals surface area contributed by atoms with Gasteiger partial charge in [0.05, 0.1) is 11.3 Å². The van der Waals surface area contributed by atoms with Crippen molar-refractivity contribution in [3.8, 4) is 0 Å². The number of hydrogen-bond acceptors (Lipinski definition) is 2. The number of nitrogens with zero attached hydrogens (tertiary/aromatic N) is 1. The quantitative estimate of drug-likeness (QED) is 0.823. The van der Waals surface area contributed by atoms with Crippen molar-refractivity contribution in [1.82, 2.24) is 4.90 Å². The van der Waals surface area contributed by atoms with E-state index in [9.17, 15) is 22.4 Å². The van der Waals surface area contributed by atoms with E-state index >= 15 is 0 Å². The van der Waals surface area contributed by atoms with E-state index < -0.39 is 29.3 Å². The van der Waals surface area contributed by atoms with Crippen LogP contribution >= 0.6 is 0 Å². The van der Waals surface area contributed by atoms with Crippen LogP contribution in [0.3, 0.4) is 0 Å². The van der Waals surface area contributed by atoms with Crippen molar-refractivity contribution in [2.24, 2.45) is 5.92 Å². The Morgan fingerprint density at radius 3 is 2.50 bits per heavy atom. The van der Waals surface area contributed by atoms with Crippen molar-refractivity contribution in [3.63, 3.8) is 0 Å². The van der Waals surface area contributed by atoms with E-state index in [0.29, 0.717) is 44.1 Å². The standard InChI is InChI=1S/C14H16F4N2O2/c15-11-2-1-10(14(16,17)18)7-12(11)19-13(22)20-5-3-9(8-21)4-6-20/h1-2,7,9,21H,3-6,8H2,(H,19,22). The minimum atomic E-state index is -4.60. The summed E-state index contributed by atoms with van der Waals surface area (Å²) in [6, 6.07) is 1.23. The number of anilines is 1. The van der Waals surface area contributed by atoms with Crippen LogP contribution in [0.15, 0.2) is 18.2 Å². The van der Waals surface area contributed by atoms with Gasteiger partial charge < -0.3 is 15.3 Å². The van der Waals surface area contributed by atoms with E-state index in [4.69, 9.17) is 5.11 Å². The molecule has 1 saturated heterocycles.